The number of hydrogen-bond donors (Lipinski definition) is 1. The molecule has 0 bridgehead atoms. The van der Waals surface area contributed by atoms with Crippen molar-refractivity contribution in [2.45, 2.75) is 13.3 Å². The lowest BCUT2D eigenvalue weighted by Crippen LogP contribution is -2.22. The van der Waals surface area contributed by atoms with Crippen molar-refractivity contribution in [3.05, 3.63) is 5.82 Å². The summed E-state index contributed by atoms with van der Waals surface area (Å²) in [4.78, 5) is 6.26. The van der Waals surface area contributed by atoms with Crippen LogP contribution in [0.2, 0.25) is 0 Å². The van der Waals surface area contributed by atoms with Crippen LogP contribution in [-0.2, 0) is 0 Å². The van der Waals surface area contributed by atoms with Crippen LogP contribution in [0.15, 0.2) is 4.52 Å². The molecule has 0 amide bonds. The molecule has 1 saturated heterocycles. The van der Waals surface area contributed by atoms with E-state index in [1.165, 1.54) is 0 Å². The molecule has 5 heteroatoms. The second-order valence-corrected chi connectivity index (χ2v) is 3.46. The van der Waals surface area contributed by atoms with E-state index in [1.54, 1.807) is 0 Å². The van der Waals surface area contributed by atoms with Gasteiger partial charge in [0.25, 0.3) is 0 Å². The number of rotatable bonds is 2. The summed E-state index contributed by atoms with van der Waals surface area (Å²) in [5.41, 5.74) is 5.59. The SMILES string of the molecule is Cc1noc(N2CCC(CN)C2)n1. The fraction of sp³-hybridized carbons (Fsp3) is 0.750. The van der Waals surface area contributed by atoms with Gasteiger partial charge in [-0.1, -0.05) is 5.16 Å². The highest BCUT2D eigenvalue weighted by Crippen LogP contribution is 2.20. The van der Waals surface area contributed by atoms with Gasteiger partial charge in [-0.3, -0.25) is 0 Å². The molecule has 0 aromatic carbocycles. The van der Waals surface area contributed by atoms with Crippen molar-refractivity contribution in [1.29, 1.82) is 0 Å². The van der Waals surface area contributed by atoms with Crippen LogP contribution >= 0.6 is 0 Å². The first kappa shape index (κ1) is 8.50. The number of aryl methyl sites for hydroxylation is 1. The standard InChI is InChI=1S/C8H14N4O/c1-6-10-8(13-11-6)12-3-2-7(4-9)5-12/h7H,2-5,9H2,1H3. The van der Waals surface area contributed by atoms with E-state index >= 15 is 0 Å². The van der Waals surface area contributed by atoms with E-state index in [-0.39, 0.29) is 0 Å². The smallest absolute Gasteiger partial charge is 0.324 e. The lowest BCUT2D eigenvalue weighted by atomic mass is 10.1. The Kier molecular flexibility index (Phi) is 2.18. The summed E-state index contributed by atoms with van der Waals surface area (Å²) in [6.45, 7) is 4.48. The van der Waals surface area contributed by atoms with Crippen molar-refractivity contribution >= 4 is 6.01 Å². The Labute approximate surface area is 76.9 Å². The summed E-state index contributed by atoms with van der Waals surface area (Å²) in [7, 11) is 0. The Morgan fingerprint density at radius 3 is 3.08 bits per heavy atom. The Hall–Kier alpha value is -1.10. The van der Waals surface area contributed by atoms with E-state index < -0.39 is 0 Å². The van der Waals surface area contributed by atoms with Crippen LogP contribution in [0, 0.1) is 12.8 Å². The minimum Gasteiger partial charge on any atom is -0.330 e. The maximum atomic E-state index is 5.59. The van der Waals surface area contributed by atoms with Gasteiger partial charge in [0.1, 0.15) is 0 Å². The third kappa shape index (κ3) is 1.65. The number of hydrogen-bond acceptors (Lipinski definition) is 5. The Bertz CT molecular complexity index is 285. The van der Waals surface area contributed by atoms with Crippen LogP contribution in [0.1, 0.15) is 12.2 Å². The van der Waals surface area contributed by atoms with Gasteiger partial charge >= 0.3 is 6.01 Å². The molecule has 2 heterocycles. The van der Waals surface area contributed by atoms with E-state index in [0.29, 0.717) is 17.8 Å². The zero-order chi connectivity index (χ0) is 9.26. The minimum absolute atomic E-state index is 0.576. The molecule has 5 nitrogen and oxygen atoms in total. The van der Waals surface area contributed by atoms with Crippen LogP contribution in [0.5, 0.6) is 0 Å². The molecule has 1 fully saturated rings. The van der Waals surface area contributed by atoms with Crippen molar-refractivity contribution in [2.24, 2.45) is 11.7 Å². The maximum Gasteiger partial charge on any atom is 0.324 e. The van der Waals surface area contributed by atoms with Crippen molar-refractivity contribution in [2.75, 3.05) is 24.5 Å². The van der Waals surface area contributed by atoms with Crippen molar-refractivity contribution in [3.8, 4) is 0 Å². The van der Waals surface area contributed by atoms with Crippen LogP contribution in [0.25, 0.3) is 0 Å². The summed E-state index contributed by atoms with van der Waals surface area (Å²) in [6, 6.07) is 0.633. The van der Waals surface area contributed by atoms with Gasteiger partial charge in [-0.25, -0.2) is 0 Å². The molecule has 1 aliphatic rings. The molecule has 2 N–H and O–H groups in total. The molecule has 0 aliphatic carbocycles. The summed E-state index contributed by atoms with van der Waals surface area (Å²) >= 11 is 0. The largest absolute Gasteiger partial charge is 0.330 e. The lowest BCUT2D eigenvalue weighted by molar-refractivity contribution is 0.412. The van der Waals surface area contributed by atoms with E-state index in [2.05, 4.69) is 15.0 Å². The molecular formula is C8H14N4O. The summed E-state index contributed by atoms with van der Waals surface area (Å²) in [5.74, 6) is 1.26. The third-order valence-corrected chi connectivity index (χ3v) is 2.41. The summed E-state index contributed by atoms with van der Waals surface area (Å²) < 4.78 is 5.07. The first-order valence-electron chi connectivity index (χ1n) is 4.55. The topological polar surface area (TPSA) is 68.2 Å². The minimum atomic E-state index is 0.576. The van der Waals surface area contributed by atoms with Crippen LogP contribution in [-0.4, -0.2) is 29.8 Å². The Morgan fingerprint density at radius 2 is 2.54 bits per heavy atom. The lowest BCUT2D eigenvalue weighted by Gasteiger charge is -2.11. The number of nitrogens with zero attached hydrogens (tertiary/aromatic N) is 3. The zero-order valence-corrected chi connectivity index (χ0v) is 7.73. The molecule has 72 valence electrons. The fourth-order valence-electron chi connectivity index (χ4n) is 1.61. The van der Waals surface area contributed by atoms with E-state index in [9.17, 15) is 0 Å². The second-order valence-electron chi connectivity index (χ2n) is 3.46. The predicted molar refractivity (Wildman–Crippen MR) is 48.4 cm³/mol. The molecular weight excluding hydrogens is 168 g/mol. The fourth-order valence-corrected chi connectivity index (χ4v) is 1.61. The first-order chi connectivity index (χ1) is 6.29. The summed E-state index contributed by atoms with van der Waals surface area (Å²) in [6.07, 6.45) is 1.12. The molecule has 0 spiro atoms. The third-order valence-electron chi connectivity index (χ3n) is 2.41. The van der Waals surface area contributed by atoms with E-state index in [0.717, 1.165) is 26.1 Å². The Morgan fingerprint density at radius 1 is 1.69 bits per heavy atom. The van der Waals surface area contributed by atoms with Crippen molar-refractivity contribution in [1.82, 2.24) is 10.1 Å². The van der Waals surface area contributed by atoms with Crippen LogP contribution < -0.4 is 10.6 Å². The van der Waals surface area contributed by atoms with Gasteiger partial charge in [-0.2, -0.15) is 4.98 Å². The van der Waals surface area contributed by atoms with Gasteiger partial charge in [-0.15, -0.1) is 0 Å². The van der Waals surface area contributed by atoms with Crippen LogP contribution in [0.4, 0.5) is 6.01 Å². The second kappa shape index (κ2) is 3.33. The number of anilines is 1. The average molecular weight is 182 g/mol. The molecule has 1 aromatic heterocycles. The Balaban J connectivity index is 2.03. The van der Waals surface area contributed by atoms with Crippen LogP contribution in [0.3, 0.4) is 0 Å². The quantitative estimate of drug-likeness (QED) is 0.705. The molecule has 0 saturated carbocycles. The first-order valence-corrected chi connectivity index (χ1v) is 4.55. The normalized spacial score (nSPS) is 22.6. The average Bonchev–Trinajstić information content (AvgIpc) is 2.71. The van der Waals surface area contributed by atoms with Gasteiger partial charge in [0.05, 0.1) is 0 Å². The molecule has 0 radical (unpaired) electrons. The predicted octanol–water partition coefficient (Wildman–Crippen LogP) is 0.163. The van der Waals surface area contributed by atoms with Crippen molar-refractivity contribution in [3.63, 3.8) is 0 Å². The monoisotopic (exact) mass is 182 g/mol. The van der Waals surface area contributed by atoms with Gasteiger partial charge < -0.3 is 15.2 Å². The highest BCUT2D eigenvalue weighted by atomic mass is 16.5. The molecule has 1 atom stereocenters. The van der Waals surface area contributed by atoms with Gasteiger partial charge in [0.15, 0.2) is 5.82 Å². The van der Waals surface area contributed by atoms with Crippen molar-refractivity contribution < 1.29 is 4.52 Å². The highest BCUT2D eigenvalue weighted by molar-refractivity contribution is 5.26. The zero-order valence-electron chi connectivity index (χ0n) is 7.73. The molecule has 1 aliphatic heterocycles. The molecule has 13 heavy (non-hydrogen) atoms. The molecule has 2 rings (SSSR count). The van der Waals surface area contributed by atoms with E-state index in [1.807, 2.05) is 6.92 Å². The van der Waals surface area contributed by atoms with Gasteiger partial charge in [0.2, 0.25) is 0 Å². The summed E-state index contributed by atoms with van der Waals surface area (Å²) in [5, 5.41) is 3.75. The maximum absolute atomic E-state index is 5.59. The van der Waals surface area contributed by atoms with E-state index in [4.69, 9.17) is 10.3 Å². The molecule has 1 unspecified atom stereocenters. The molecule has 1 aromatic rings. The van der Waals surface area contributed by atoms with Gasteiger partial charge in [-0.05, 0) is 25.8 Å². The number of aromatic nitrogens is 2. The van der Waals surface area contributed by atoms with Gasteiger partial charge in [0, 0.05) is 13.1 Å². The highest BCUT2D eigenvalue weighted by Gasteiger charge is 2.24. The number of nitrogens with two attached hydrogens (primary N) is 1.